The fraction of sp³-hybridized carbons (Fsp3) is 0.320. The molecule has 2 atom stereocenters. The Bertz CT molecular complexity index is 1070. The molecule has 0 spiro atoms. The SMILES string of the molecule is CC(C)(C)OC(=O)N1CC(C(=O)c2cccc3cnccc23)C(c2ccccc2)C1. The Labute approximate surface area is 176 Å². The predicted octanol–water partition coefficient (Wildman–Crippen LogP) is 5.07. The number of Topliss-reactive ketones (excluding diaryl/α,β-unsaturated/α-hetero) is 1. The molecule has 2 aromatic carbocycles. The molecular formula is C25H26N2O3. The van der Waals surface area contributed by atoms with Crippen LogP contribution in [0, 0.1) is 5.92 Å². The maximum absolute atomic E-state index is 13.7. The summed E-state index contributed by atoms with van der Waals surface area (Å²) in [6, 6.07) is 17.5. The molecule has 0 radical (unpaired) electrons. The maximum Gasteiger partial charge on any atom is 0.410 e. The summed E-state index contributed by atoms with van der Waals surface area (Å²) >= 11 is 0. The first-order valence-electron chi connectivity index (χ1n) is 10.2. The van der Waals surface area contributed by atoms with E-state index in [1.165, 1.54) is 0 Å². The lowest BCUT2D eigenvalue weighted by molar-refractivity contribution is 0.0288. The number of ether oxygens (including phenoxy) is 1. The lowest BCUT2D eigenvalue weighted by Crippen LogP contribution is -2.36. The molecule has 0 N–H and O–H groups in total. The van der Waals surface area contributed by atoms with Gasteiger partial charge >= 0.3 is 6.09 Å². The van der Waals surface area contributed by atoms with Crippen LogP contribution in [0.2, 0.25) is 0 Å². The third-order valence-electron chi connectivity index (χ3n) is 5.48. The van der Waals surface area contributed by atoms with Crippen LogP contribution >= 0.6 is 0 Å². The Morgan fingerprint density at radius 1 is 1.00 bits per heavy atom. The molecule has 1 aliphatic heterocycles. The van der Waals surface area contributed by atoms with Gasteiger partial charge in [0.2, 0.25) is 0 Å². The van der Waals surface area contributed by atoms with Crippen molar-refractivity contribution in [1.82, 2.24) is 9.88 Å². The Morgan fingerprint density at radius 3 is 2.50 bits per heavy atom. The van der Waals surface area contributed by atoms with Gasteiger partial charge in [0.25, 0.3) is 0 Å². The van der Waals surface area contributed by atoms with Gasteiger partial charge in [-0.25, -0.2) is 4.79 Å². The number of benzene rings is 2. The fourth-order valence-corrected chi connectivity index (χ4v) is 4.12. The number of pyridine rings is 1. The molecule has 1 amide bonds. The number of hydrogen-bond donors (Lipinski definition) is 0. The molecule has 1 saturated heterocycles. The smallest absolute Gasteiger partial charge is 0.410 e. The summed E-state index contributed by atoms with van der Waals surface area (Å²) < 4.78 is 5.58. The lowest BCUT2D eigenvalue weighted by atomic mass is 9.83. The van der Waals surface area contributed by atoms with Crippen molar-refractivity contribution in [2.24, 2.45) is 5.92 Å². The second-order valence-corrected chi connectivity index (χ2v) is 8.78. The zero-order valence-electron chi connectivity index (χ0n) is 17.5. The zero-order chi connectivity index (χ0) is 21.3. The van der Waals surface area contributed by atoms with Gasteiger partial charge in [0.1, 0.15) is 5.60 Å². The Morgan fingerprint density at radius 2 is 1.77 bits per heavy atom. The van der Waals surface area contributed by atoms with Crippen LogP contribution in [0.15, 0.2) is 67.0 Å². The van der Waals surface area contributed by atoms with E-state index in [4.69, 9.17) is 4.74 Å². The van der Waals surface area contributed by atoms with Crippen LogP contribution in [0.1, 0.15) is 42.6 Å². The third-order valence-corrected chi connectivity index (χ3v) is 5.48. The van der Waals surface area contributed by atoms with E-state index in [0.29, 0.717) is 18.7 Å². The predicted molar refractivity (Wildman–Crippen MR) is 117 cm³/mol. The molecule has 3 aromatic rings. The van der Waals surface area contributed by atoms with Gasteiger partial charge in [-0.3, -0.25) is 9.78 Å². The largest absolute Gasteiger partial charge is 0.444 e. The maximum atomic E-state index is 13.7. The Hall–Kier alpha value is -3.21. The van der Waals surface area contributed by atoms with Crippen LogP contribution in [0.3, 0.4) is 0 Å². The summed E-state index contributed by atoms with van der Waals surface area (Å²) in [5, 5.41) is 1.82. The molecule has 0 bridgehead atoms. The highest BCUT2D eigenvalue weighted by Crippen LogP contribution is 2.36. The Balaban J connectivity index is 1.69. The van der Waals surface area contributed by atoms with E-state index in [1.807, 2.05) is 75.4 Å². The number of likely N-dealkylation sites (tertiary alicyclic amines) is 1. The summed E-state index contributed by atoms with van der Waals surface area (Å²) in [6.45, 7) is 6.35. The average molecular weight is 402 g/mol. The molecule has 1 fully saturated rings. The van der Waals surface area contributed by atoms with Crippen molar-refractivity contribution >= 4 is 22.6 Å². The van der Waals surface area contributed by atoms with Crippen LogP contribution < -0.4 is 0 Å². The molecule has 1 aromatic heterocycles. The van der Waals surface area contributed by atoms with Crippen LogP contribution in [-0.4, -0.2) is 40.5 Å². The van der Waals surface area contributed by atoms with E-state index in [0.717, 1.165) is 16.3 Å². The number of hydrogen-bond acceptors (Lipinski definition) is 4. The number of rotatable bonds is 3. The van der Waals surface area contributed by atoms with Gasteiger partial charge in [-0.1, -0.05) is 48.5 Å². The number of nitrogens with zero attached hydrogens (tertiary/aromatic N) is 2. The normalized spacial score (nSPS) is 19.1. The number of carbonyl (C=O) groups is 2. The molecule has 30 heavy (non-hydrogen) atoms. The monoisotopic (exact) mass is 402 g/mol. The summed E-state index contributed by atoms with van der Waals surface area (Å²) in [6.07, 6.45) is 3.10. The van der Waals surface area contributed by atoms with E-state index in [9.17, 15) is 9.59 Å². The van der Waals surface area contributed by atoms with E-state index in [-0.39, 0.29) is 23.7 Å². The highest BCUT2D eigenvalue weighted by molar-refractivity contribution is 6.09. The van der Waals surface area contributed by atoms with Crippen molar-refractivity contribution in [1.29, 1.82) is 0 Å². The van der Waals surface area contributed by atoms with Crippen molar-refractivity contribution in [3.63, 3.8) is 0 Å². The topological polar surface area (TPSA) is 59.5 Å². The van der Waals surface area contributed by atoms with Crippen molar-refractivity contribution in [2.45, 2.75) is 32.3 Å². The number of carbonyl (C=O) groups excluding carboxylic acids is 2. The van der Waals surface area contributed by atoms with Gasteiger partial charge in [-0.05, 0) is 37.8 Å². The number of amides is 1. The zero-order valence-corrected chi connectivity index (χ0v) is 17.5. The summed E-state index contributed by atoms with van der Waals surface area (Å²) in [5.41, 5.74) is 1.15. The first kappa shape index (κ1) is 20.1. The van der Waals surface area contributed by atoms with Crippen molar-refractivity contribution < 1.29 is 14.3 Å². The molecule has 2 heterocycles. The standard InChI is InChI=1S/C25H26N2O3/c1-25(2,3)30-24(29)27-15-21(17-8-5-4-6-9-17)22(16-27)23(28)20-11-7-10-18-14-26-13-12-19(18)20/h4-14,21-22H,15-16H2,1-3H3. The fourth-order valence-electron chi connectivity index (χ4n) is 4.12. The van der Waals surface area contributed by atoms with Gasteiger partial charge in [0.15, 0.2) is 5.78 Å². The second kappa shape index (κ2) is 7.90. The molecule has 1 aliphatic rings. The first-order chi connectivity index (χ1) is 14.3. The number of fused-ring (bicyclic) bond motifs is 1. The average Bonchev–Trinajstić information content (AvgIpc) is 3.18. The van der Waals surface area contributed by atoms with Crippen LogP contribution in [0.5, 0.6) is 0 Å². The molecule has 0 aliphatic carbocycles. The van der Waals surface area contributed by atoms with Crippen LogP contribution in [0.4, 0.5) is 4.79 Å². The highest BCUT2D eigenvalue weighted by Gasteiger charge is 2.42. The minimum atomic E-state index is -0.579. The number of ketones is 1. The van der Waals surface area contributed by atoms with Gasteiger partial charge in [0.05, 0.1) is 0 Å². The van der Waals surface area contributed by atoms with E-state index in [1.54, 1.807) is 17.3 Å². The van der Waals surface area contributed by atoms with Crippen molar-refractivity contribution in [3.05, 3.63) is 78.1 Å². The minimum Gasteiger partial charge on any atom is -0.444 e. The summed E-state index contributed by atoms with van der Waals surface area (Å²) in [4.78, 5) is 32.3. The van der Waals surface area contributed by atoms with Gasteiger partial charge < -0.3 is 9.64 Å². The van der Waals surface area contributed by atoms with Crippen molar-refractivity contribution in [3.8, 4) is 0 Å². The van der Waals surface area contributed by atoms with Crippen LogP contribution in [0.25, 0.3) is 10.8 Å². The van der Waals surface area contributed by atoms with E-state index < -0.39 is 5.60 Å². The van der Waals surface area contributed by atoms with Gasteiger partial charge in [0, 0.05) is 48.3 Å². The van der Waals surface area contributed by atoms with E-state index in [2.05, 4.69) is 4.98 Å². The number of aromatic nitrogens is 1. The summed E-state index contributed by atoms with van der Waals surface area (Å²) in [5.74, 6) is -0.367. The minimum absolute atomic E-state index is 0.0479. The molecule has 154 valence electrons. The first-order valence-corrected chi connectivity index (χ1v) is 10.2. The van der Waals surface area contributed by atoms with E-state index >= 15 is 0 Å². The van der Waals surface area contributed by atoms with Gasteiger partial charge in [-0.2, -0.15) is 0 Å². The third kappa shape index (κ3) is 4.06. The molecule has 5 nitrogen and oxygen atoms in total. The Kier molecular flexibility index (Phi) is 5.29. The summed E-state index contributed by atoms with van der Waals surface area (Å²) in [7, 11) is 0. The molecule has 4 rings (SSSR count). The molecule has 5 heteroatoms. The molecule has 0 saturated carbocycles. The lowest BCUT2D eigenvalue weighted by Gasteiger charge is -2.24. The highest BCUT2D eigenvalue weighted by atomic mass is 16.6. The van der Waals surface area contributed by atoms with Crippen LogP contribution in [-0.2, 0) is 4.74 Å². The molecule has 2 unspecified atom stereocenters. The quantitative estimate of drug-likeness (QED) is 0.574. The van der Waals surface area contributed by atoms with Gasteiger partial charge in [-0.15, -0.1) is 0 Å². The molecular weight excluding hydrogens is 376 g/mol. The van der Waals surface area contributed by atoms with Crippen molar-refractivity contribution in [2.75, 3.05) is 13.1 Å². The second-order valence-electron chi connectivity index (χ2n) is 8.78.